The van der Waals surface area contributed by atoms with E-state index in [9.17, 15) is 18.0 Å². The van der Waals surface area contributed by atoms with Crippen molar-refractivity contribution < 1.29 is 22.7 Å². The van der Waals surface area contributed by atoms with Gasteiger partial charge in [-0.3, -0.25) is 4.79 Å². The van der Waals surface area contributed by atoms with E-state index in [1.807, 2.05) is 30.3 Å². The molecule has 0 aromatic heterocycles. The number of carbonyl (C=O) groups excluding carboxylic acids is 1. The van der Waals surface area contributed by atoms with Crippen LogP contribution < -0.4 is 0 Å². The highest BCUT2D eigenvalue weighted by atomic mass is 19.4. The van der Waals surface area contributed by atoms with E-state index in [2.05, 4.69) is 0 Å². The number of hydrogen-bond donors (Lipinski definition) is 0. The Morgan fingerprint density at radius 1 is 1.24 bits per heavy atom. The molecule has 0 fully saturated rings. The Hall–Kier alpha value is -1.78. The minimum atomic E-state index is -4.63. The smallest absolute Gasteiger partial charge is 0.404 e. The van der Waals surface area contributed by atoms with E-state index >= 15 is 0 Å². The molecule has 21 heavy (non-hydrogen) atoms. The molecule has 1 rings (SSSR count). The minimum Gasteiger partial charge on any atom is -0.431 e. The molecule has 0 bridgehead atoms. The fourth-order valence-corrected chi connectivity index (χ4v) is 1.64. The second kappa shape index (κ2) is 6.78. The van der Waals surface area contributed by atoms with Crippen LogP contribution >= 0.6 is 0 Å². The summed E-state index contributed by atoms with van der Waals surface area (Å²) >= 11 is 0. The molecule has 0 aliphatic heterocycles. The molecule has 1 atom stereocenters. The Kier molecular flexibility index (Phi) is 5.58. The average molecular weight is 300 g/mol. The normalized spacial score (nSPS) is 15.4. The van der Waals surface area contributed by atoms with Gasteiger partial charge >= 0.3 is 12.1 Å². The maximum absolute atomic E-state index is 12.9. The van der Waals surface area contributed by atoms with Gasteiger partial charge in [0.25, 0.3) is 0 Å². The van der Waals surface area contributed by atoms with Gasteiger partial charge in [0, 0.05) is 0 Å². The van der Waals surface area contributed by atoms with Crippen molar-refractivity contribution >= 4 is 5.97 Å². The van der Waals surface area contributed by atoms with Crippen LogP contribution in [0.5, 0.6) is 0 Å². The molecule has 0 heterocycles. The van der Waals surface area contributed by atoms with E-state index in [-0.39, 0.29) is 12.2 Å². The molecular weight excluding hydrogens is 281 g/mol. The van der Waals surface area contributed by atoms with Gasteiger partial charge in [0.15, 0.2) is 5.41 Å². The zero-order chi connectivity index (χ0) is 16.1. The van der Waals surface area contributed by atoms with Gasteiger partial charge in [0.05, 0.1) is 0 Å². The molecule has 0 amide bonds. The van der Waals surface area contributed by atoms with Gasteiger partial charge in [0.1, 0.15) is 5.76 Å². The number of benzene rings is 1. The molecule has 0 aliphatic carbocycles. The predicted molar refractivity (Wildman–Crippen MR) is 74.4 cm³/mol. The lowest BCUT2D eigenvalue weighted by molar-refractivity contribution is -0.228. The summed E-state index contributed by atoms with van der Waals surface area (Å²) in [6, 6.07) is 9.37. The van der Waals surface area contributed by atoms with Gasteiger partial charge in [-0.1, -0.05) is 37.3 Å². The molecule has 0 spiro atoms. The maximum atomic E-state index is 12.9. The van der Waals surface area contributed by atoms with E-state index in [0.29, 0.717) is 6.42 Å². The van der Waals surface area contributed by atoms with E-state index in [1.54, 1.807) is 6.08 Å². The number of alkyl halides is 3. The molecule has 1 aromatic carbocycles. The molecule has 5 heteroatoms. The number of allylic oxidation sites excluding steroid dienone is 2. The molecule has 0 aliphatic rings. The molecule has 0 N–H and O–H groups in total. The van der Waals surface area contributed by atoms with E-state index < -0.39 is 17.6 Å². The Morgan fingerprint density at radius 3 is 2.29 bits per heavy atom. The highest BCUT2D eigenvalue weighted by Crippen LogP contribution is 2.42. The van der Waals surface area contributed by atoms with Crippen LogP contribution in [-0.2, 0) is 16.0 Å². The van der Waals surface area contributed by atoms with Crippen LogP contribution in [0.25, 0.3) is 0 Å². The lowest BCUT2D eigenvalue weighted by atomic mass is 9.87. The van der Waals surface area contributed by atoms with Crippen LogP contribution in [0.3, 0.4) is 0 Å². The fraction of sp³-hybridized carbons (Fsp3) is 0.438. The van der Waals surface area contributed by atoms with Crippen molar-refractivity contribution in [2.45, 2.75) is 39.8 Å². The quantitative estimate of drug-likeness (QED) is 0.584. The predicted octanol–water partition coefficient (Wildman–Crippen LogP) is 4.65. The van der Waals surface area contributed by atoms with Crippen molar-refractivity contribution in [3.63, 3.8) is 0 Å². The van der Waals surface area contributed by atoms with Crippen LogP contribution in [0.1, 0.15) is 32.8 Å². The third kappa shape index (κ3) is 4.34. The average Bonchev–Trinajstić information content (AvgIpc) is 2.44. The SMILES string of the molecule is CCC(C)(C(=O)O/C(C)=C\Cc1ccccc1)C(F)(F)F. The van der Waals surface area contributed by atoms with Crippen molar-refractivity contribution in [3.05, 3.63) is 47.7 Å². The monoisotopic (exact) mass is 300 g/mol. The first kappa shape index (κ1) is 17.3. The number of halogens is 3. The summed E-state index contributed by atoms with van der Waals surface area (Å²) in [4.78, 5) is 11.8. The summed E-state index contributed by atoms with van der Waals surface area (Å²) in [7, 11) is 0. The highest BCUT2D eigenvalue weighted by Gasteiger charge is 2.56. The first-order chi connectivity index (χ1) is 9.70. The summed E-state index contributed by atoms with van der Waals surface area (Å²) in [6.07, 6.45) is -2.89. The van der Waals surface area contributed by atoms with Crippen molar-refractivity contribution in [1.29, 1.82) is 0 Å². The minimum absolute atomic E-state index is 0.174. The van der Waals surface area contributed by atoms with Crippen molar-refractivity contribution in [3.8, 4) is 0 Å². The second-order valence-corrected chi connectivity index (χ2v) is 5.08. The number of hydrogen-bond acceptors (Lipinski definition) is 2. The lowest BCUT2D eigenvalue weighted by Gasteiger charge is -2.28. The van der Waals surface area contributed by atoms with Gasteiger partial charge in [-0.05, 0) is 38.3 Å². The van der Waals surface area contributed by atoms with Crippen molar-refractivity contribution in [1.82, 2.24) is 0 Å². The maximum Gasteiger partial charge on any atom is 0.404 e. The van der Waals surface area contributed by atoms with E-state index in [4.69, 9.17) is 4.74 Å². The molecular formula is C16H19F3O2. The third-order valence-corrected chi connectivity index (χ3v) is 3.51. The van der Waals surface area contributed by atoms with Gasteiger partial charge < -0.3 is 4.74 Å². The lowest BCUT2D eigenvalue weighted by Crippen LogP contribution is -2.42. The highest BCUT2D eigenvalue weighted by molar-refractivity contribution is 5.78. The van der Waals surface area contributed by atoms with Crippen LogP contribution in [0, 0.1) is 5.41 Å². The Bertz CT molecular complexity index is 506. The fourth-order valence-electron chi connectivity index (χ4n) is 1.64. The molecule has 116 valence electrons. The summed E-state index contributed by atoms with van der Waals surface area (Å²) in [5.74, 6) is -1.09. The van der Waals surface area contributed by atoms with Crippen LogP contribution in [0.4, 0.5) is 13.2 Å². The number of rotatable bonds is 5. The first-order valence-corrected chi connectivity index (χ1v) is 6.70. The standard InChI is InChI=1S/C16H19F3O2/c1-4-15(3,16(17,18)19)14(20)21-12(2)10-11-13-8-6-5-7-9-13/h5-10H,4,11H2,1-3H3/b12-10-. The van der Waals surface area contributed by atoms with E-state index in [1.165, 1.54) is 13.8 Å². The Balaban J connectivity index is 2.73. The third-order valence-electron chi connectivity index (χ3n) is 3.51. The molecule has 0 saturated carbocycles. The van der Waals surface area contributed by atoms with Crippen molar-refractivity contribution in [2.24, 2.45) is 5.41 Å². The summed E-state index contributed by atoms with van der Waals surface area (Å²) in [5.41, 5.74) is -1.49. The second-order valence-electron chi connectivity index (χ2n) is 5.08. The summed E-state index contributed by atoms with van der Waals surface area (Å²) in [5, 5.41) is 0. The van der Waals surface area contributed by atoms with Gasteiger partial charge in [-0.15, -0.1) is 0 Å². The van der Waals surface area contributed by atoms with E-state index in [0.717, 1.165) is 12.5 Å². The summed E-state index contributed by atoms with van der Waals surface area (Å²) < 4.78 is 43.7. The topological polar surface area (TPSA) is 26.3 Å². The van der Waals surface area contributed by atoms with Crippen LogP contribution in [0.2, 0.25) is 0 Å². The number of carbonyl (C=O) groups is 1. The molecule has 2 nitrogen and oxygen atoms in total. The Labute approximate surface area is 122 Å². The van der Waals surface area contributed by atoms with Crippen LogP contribution in [-0.4, -0.2) is 12.1 Å². The van der Waals surface area contributed by atoms with Gasteiger partial charge in [-0.25, -0.2) is 0 Å². The summed E-state index contributed by atoms with van der Waals surface area (Å²) in [6.45, 7) is 3.66. The zero-order valence-corrected chi connectivity index (χ0v) is 12.3. The zero-order valence-electron chi connectivity index (χ0n) is 12.3. The first-order valence-electron chi connectivity index (χ1n) is 6.70. The Morgan fingerprint density at radius 2 is 1.81 bits per heavy atom. The molecule has 1 aromatic rings. The van der Waals surface area contributed by atoms with Gasteiger partial charge in [-0.2, -0.15) is 13.2 Å². The molecule has 0 radical (unpaired) electrons. The molecule has 1 unspecified atom stereocenters. The van der Waals surface area contributed by atoms with Crippen LogP contribution in [0.15, 0.2) is 42.2 Å². The number of esters is 1. The largest absolute Gasteiger partial charge is 0.431 e. The van der Waals surface area contributed by atoms with Crippen molar-refractivity contribution in [2.75, 3.05) is 0 Å². The number of ether oxygens (including phenoxy) is 1. The molecule has 0 saturated heterocycles. The van der Waals surface area contributed by atoms with Gasteiger partial charge in [0.2, 0.25) is 0 Å².